The Labute approximate surface area is 161 Å². The SMILES string of the molecule is CC(C)(C)OC(=O)N1CCC(C#N)(CCCO[Si](C)(C)C(C)(C)C)CC1. The van der Waals surface area contributed by atoms with Gasteiger partial charge in [-0.05, 0) is 64.6 Å². The Morgan fingerprint density at radius 2 is 1.69 bits per heavy atom. The van der Waals surface area contributed by atoms with Crippen LogP contribution >= 0.6 is 0 Å². The Bertz CT molecular complexity index is 519. The average Bonchev–Trinajstić information content (AvgIpc) is 2.49. The van der Waals surface area contributed by atoms with Crippen molar-refractivity contribution in [1.82, 2.24) is 4.90 Å². The summed E-state index contributed by atoms with van der Waals surface area (Å²) in [5, 5.41) is 9.93. The molecule has 150 valence electrons. The van der Waals surface area contributed by atoms with Crippen molar-refractivity contribution in [2.75, 3.05) is 19.7 Å². The number of carbonyl (C=O) groups is 1. The number of piperidine rings is 1. The largest absolute Gasteiger partial charge is 0.444 e. The second-order valence-electron chi connectivity index (χ2n) is 10.1. The molecular weight excluding hydrogens is 344 g/mol. The lowest BCUT2D eigenvalue weighted by atomic mass is 9.76. The zero-order valence-electron chi connectivity index (χ0n) is 18.1. The normalized spacial score (nSPS) is 18.3. The third kappa shape index (κ3) is 6.59. The molecule has 0 aliphatic carbocycles. The lowest BCUT2D eigenvalue weighted by Crippen LogP contribution is -2.45. The molecule has 26 heavy (non-hydrogen) atoms. The van der Waals surface area contributed by atoms with Crippen LogP contribution in [0.2, 0.25) is 18.1 Å². The van der Waals surface area contributed by atoms with Crippen LogP contribution in [0.5, 0.6) is 0 Å². The van der Waals surface area contributed by atoms with E-state index in [2.05, 4.69) is 39.9 Å². The number of hydrogen-bond acceptors (Lipinski definition) is 4. The number of nitriles is 1. The molecule has 1 aliphatic rings. The fraction of sp³-hybridized carbons (Fsp3) is 0.900. The molecule has 0 aromatic rings. The number of ether oxygens (including phenoxy) is 1. The first-order valence-electron chi connectivity index (χ1n) is 9.75. The van der Waals surface area contributed by atoms with Gasteiger partial charge in [0.15, 0.2) is 8.32 Å². The molecule has 0 unspecified atom stereocenters. The van der Waals surface area contributed by atoms with Crippen molar-refractivity contribution in [2.24, 2.45) is 5.41 Å². The highest BCUT2D eigenvalue weighted by Crippen LogP contribution is 2.38. The molecule has 1 amide bonds. The van der Waals surface area contributed by atoms with Crippen LogP contribution in [0.4, 0.5) is 4.79 Å². The Balaban J connectivity index is 2.48. The number of nitrogens with zero attached hydrogens (tertiary/aromatic N) is 2. The van der Waals surface area contributed by atoms with E-state index in [1.54, 1.807) is 4.90 Å². The van der Waals surface area contributed by atoms with Gasteiger partial charge in [-0.1, -0.05) is 20.8 Å². The van der Waals surface area contributed by atoms with Gasteiger partial charge >= 0.3 is 6.09 Å². The molecule has 0 bridgehead atoms. The summed E-state index contributed by atoms with van der Waals surface area (Å²) < 4.78 is 11.7. The van der Waals surface area contributed by atoms with Gasteiger partial charge in [0.05, 0.1) is 11.5 Å². The molecule has 1 aliphatic heterocycles. The third-order valence-corrected chi connectivity index (χ3v) is 10.2. The van der Waals surface area contributed by atoms with Crippen molar-refractivity contribution >= 4 is 14.4 Å². The summed E-state index contributed by atoms with van der Waals surface area (Å²) >= 11 is 0. The van der Waals surface area contributed by atoms with E-state index in [4.69, 9.17) is 9.16 Å². The Kier molecular flexibility index (Phi) is 7.34. The van der Waals surface area contributed by atoms with E-state index in [-0.39, 0.29) is 16.5 Å². The van der Waals surface area contributed by atoms with Crippen LogP contribution in [-0.2, 0) is 9.16 Å². The van der Waals surface area contributed by atoms with Gasteiger partial charge in [0.2, 0.25) is 0 Å². The van der Waals surface area contributed by atoms with E-state index in [1.807, 2.05) is 20.8 Å². The molecule has 1 heterocycles. The van der Waals surface area contributed by atoms with Gasteiger partial charge in [-0.2, -0.15) is 5.26 Å². The summed E-state index contributed by atoms with van der Waals surface area (Å²) in [7, 11) is -1.73. The van der Waals surface area contributed by atoms with Crippen molar-refractivity contribution in [2.45, 2.75) is 91.0 Å². The Hall–Kier alpha value is -1.06. The fourth-order valence-electron chi connectivity index (χ4n) is 2.82. The smallest absolute Gasteiger partial charge is 0.410 e. The molecular formula is C20H38N2O3Si. The molecule has 0 spiro atoms. The molecule has 1 rings (SSSR count). The summed E-state index contributed by atoms with van der Waals surface area (Å²) in [5.74, 6) is 0. The maximum absolute atomic E-state index is 12.2. The van der Waals surface area contributed by atoms with Crippen molar-refractivity contribution in [3.05, 3.63) is 0 Å². The summed E-state index contributed by atoms with van der Waals surface area (Å²) in [6, 6.07) is 2.53. The Morgan fingerprint density at radius 3 is 2.12 bits per heavy atom. The lowest BCUT2D eigenvalue weighted by molar-refractivity contribution is 0.0138. The maximum atomic E-state index is 12.2. The molecule has 0 aromatic heterocycles. The predicted octanol–water partition coefficient (Wildman–Crippen LogP) is 5.33. The van der Waals surface area contributed by atoms with Gasteiger partial charge < -0.3 is 14.1 Å². The molecule has 6 heteroatoms. The number of amides is 1. The first-order chi connectivity index (χ1) is 11.7. The first-order valence-corrected chi connectivity index (χ1v) is 12.7. The van der Waals surface area contributed by atoms with Crippen molar-refractivity contribution < 1.29 is 14.0 Å². The molecule has 5 nitrogen and oxygen atoms in total. The molecule has 0 atom stereocenters. The quantitative estimate of drug-likeness (QED) is 0.476. The van der Waals surface area contributed by atoms with Crippen LogP contribution in [0.15, 0.2) is 0 Å². The molecule has 0 radical (unpaired) electrons. The van der Waals surface area contributed by atoms with Crippen LogP contribution in [0.25, 0.3) is 0 Å². The predicted molar refractivity (Wildman–Crippen MR) is 107 cm³/mol. The second-order valence-corrected chi connectivity index (χ2v) is 14.9. The van der Waals surface area contributed by atoms with Crippen LogP contribution < -0.4 is 0 Å². The van der Waals surface area contributed by atoms with Crippen molar-refractivity contribution in [1.29, 1.82) is 5.26 Å². The van der Waals surface area contributed by atoms with Crippen molar-refractivity contribution in [3.63, 3.8) is 0 Å². The monoisotopic (exact) mass is 382 g/mol. The van der Waals surface area contributed by atoms with E-state index in [0.717, 1.165) is 19.4 Å². The lowest BCUT2D eigenvalue weighted by Gasteiger charge is -2.39. The summed E-state index contributed by atoms with van der Waals surface area (Å²) in [6.07, 6.45) is 2.88. The minimum absolute atomic E-state index is 0.207. The standard InChI is InChI=1S/C20H38N2O3Si/c1-18(2,3)25-17(23)22-13-11-20(16-21,12-14-22)10-9-15-24-26(7,8)19(4,5)6/h9-15H2,1-8H3. The highest BCUT2D eigenvalue weighted by atomic mass is 28.4. The highest BCUT2D eigenvalue weighted by molar-refractivity contribution is 6.74. The third-order valence-electron chi connectivity index (χ3n) is 5.68. The maximum Gasteiger partial charge on any atom is 0.410 e. The highest BCUT2D eigenvalue weighted by Gasteiger charge is 2.39. The molecule has 1 saturated heterocycles. The van der Waals surface area contributed by atoms with E-state index in [9.17, 15) is 10.1 Å². The van der Waals surface area contributed by atoms with Gasteiger partial charge in [0.25, 0.3) is 0 Å². The number of likely N-dealkylation sites (tertiary alicyclic amines) is 1. The molecule has 0 N–H and O–H groups in total. The van der Waals surface area contributed by atoms with Crippen LogP contribution in [0, 0.1) is 16.7 Å². The zero-order chi connectivity index (χ0) is 20.2. The van der Waals surface area contributed by atoms with Gasteiger partial charge in [-0.25, -0.2) is 4.79 Å². The topological polar surface area (TPSA) is 62.6 Å². The minimum atomic E-state index is -1.73. The molecule has 1 fully saturated rings. The first kappa shape index (κ1) is 23.0. The number of hydrogen-bond donors (Lipinski definition) is 0. The molecule has 0 aromatic carbocycles. The van der Waals surface area contributed by atoms with Gasteiger partial charge in [0, 0.05) is 19.7 Å². The molecule has 0 saturated carbocycles. The van der Waals surface area contributed by atoms with E-state index < -0.39 is 13.9 Å². The van der Waals surface area contributed by atoms with Crippen LogP contribution in [0.1, 0.15) is 67.2 Å². The van der Waals surface area contributed by atoms with Crippen LogP contribution in [0.3, 0.4) is 0 Å². The van der Waals surface area contributed by atoms with Gasteiger partial charge in [0.1, 0.15) is 5.60 Å². The minimum Gasteiger partial charge on any atom is -0.444 e. The number of rotatable bonds is 5. The van der Waals surface area contributed by atoms with Crippen LogP contribution in [-0.4, -0.2) is 44.6 Å². The summed E-state index contributed by atoms with van der Waals surface area (Å²) in [6.45, 7) is 18.7. The zero-order valence-corrected chi connectivity index (χ0v) is 19.1. The average molecular weight is 383 g/mol. The summed E-state index contributed by atoms with van der Waals surface area (Å²) in [4.78, 5) is 13.9. The number of carbonyl (C=O) groups excluding carboxylic acids is 1. The van der Waals surface area contributed by atoms with E-state index in [1.165, 1.54) is 0 Å². The Morgan fingerprint density at radius 1 is 1.15 bits per heavy atom. The summed E-state index contributed by atoms with van der Waals surface area (Å²) in [5.41, 5.74) is -0.822. The van der Waals surface area contributed by atoms with E-state index in [0.29, 0.717) is 25.9 Å². The fourth-order valence-corrected chi connectivity index (χ4v) is 3.90. The second kappa shape index (κ2) is 8.31. The van der Waals surface area contributed by atoms with Gasteiger partial charge in [-0.15, -0.1) is 0 Å². The van der Waals surface area contributed by atoms with E-state index >= 15 is 0 Å². The van der Waals surface area contributed by atoms with Crippen molar-refractivity contribution in [3.8, 4) is 6.07 Å². The van der Waals surface area contributed by atoms with Gasteiger partial charge in [-0.3, -0.25) is 0 Å².